The van der Waals surface area contributed by atoms with E-state index in [1.54, 1.807) is 36.4 Å². The number of fused-ring (bicyclic) bond motifs is 2. The minimum atomic E-state index is -4.85. The number of thioether (sulfide) groups is 2. The van der Waals surface area contributed by atoms with Crippen LogP contribution >= 0.6 is 55.4 Å². The number of alkyl halides is 6. The van der Waals surface area contributed by atoms with Crippen LogP contribution in [0.1, 0.15) is 0 Å². The molecular formula is C20H8Br2CoF6N2O2S2. The summed E-state index contributed by atoms with van der Waals surface area (Å²) in [6.07, 6.45) is -8.67. The molecule has 4 rings (SSSR count). The van der Waals surface area contributed by atoms with Gasteiger partial charge in [0.2, 0.25) is 0 Å². The topological polar surface area (TPSA) is 62.3 Å². The van der Waals surface area contributed by atoms with E-state index in [2.05, 4.69) is 42.5 Å². The van der Waals surface area contributed by atoms with E-state index in [9.17, 15) is 35.9 Å². The number of rotatable bonds is 2. The van der Waals surface area contributed by atoms with Gasteiger partial charge in [-0.2, -0.15) is 26.3 Å². The van der Waals surface area contributed by atoms with Crippen LogP contribution in [0.2, 0.25) is 0 Å². The van der Waals surface area contributed by atoms with Gasteiger partial charge in [0.05, 0.1) is 0 Å². The maximum atomic E-state index is 12.0. The summed E-state index contributed by atoms with van der Waals surface area (Å²) in [7, 11) is 0. The van der Waals surface area contributed by atoms with Crippen molar-refractivity contribution in [2.24, 2.45) is 0 Å². The number of hydrogen-bond donors (Lipinski definition) is 0. The van der Waals surface area contributed by atoms with Gasteiger partial charge in [-0.3, -0.25) is 9.59 Å². The molecule has 0 fully saturated rings. The Bertz CT molecular complexity index is 1130. The van der Waals surface area contributed by atoms with Crippen LogP contribution in [0, 0.1) is 0 Å². The Morgan fingerprint density at radius 3 is 1.37 bits per heavy atom. The number of carbonyl (C=O) groups is 2. The number of nitrogens with zero attached hydrogens (tertiary/aromatic N) is 2. The average Bonchev–Trinajstić information content (AvgIpc) is 3.28. The SMILES string of the molecule is O=C(/C=C1\[N-]c2cc(Br)ccc2S1)C(F)(F)F.O=C(/C=C1\[N-]c2cc(Br)ccc2S1)C(F)(F)F.[Co+2]. The van der Waals surface area contributed by atoms with Gasteiger partial charge in [0.15, 0.2) is 0 Å². The molecule has 2 heterocycles. The maximum absolute atomic E-state index is 12.0. The molecule has 4 nitrogen and oxygen atoms in total. The molecule has 0 bridgehead atoms. The second-order valence-electron chi connectivity index (χ2n) is 6.34. The van der Waals surface area contributed by atoms with Gasteiger partial charge in [-0.15, -0.1) is 34.9 Å². The average molecular weight is 705 g/mol. The summed E-state index contributed by atoms with van der Waals surface area (Å²) in [5, 5.41) is 7.99. The molecule has 0 aliphatic carbocycles. The molecular weight excluding hydrogens is 697 g/mol. The fourth-order valence-corrected chi connectivity index (χ4v) is 4.81. The second-order valence-corrected chi connectivity index (χ2v) is 10.3. The smallest absolute Gasteiger partial charge is 0.651 e. The van der Waals surface area contributed by atoms with Gasteiger partial charge in [0, 0.05) is 8.95 Å². The van der Waals surface area contributed by atoms with Crippen LogP contribution in [0.5, 0.6) is 0 Å². The first kappa shape index (κ1) is 29.8. The Hall–Kier alpha value is -1.39. The molecule has 0 aromatic heterocycles. The van der Waals surface area contributed by atoms with E-state index in [0.717, 1.165) is 42.3 Å². The van der Waals surface area contributed by atoms with E-state index in [1.807, 2.05) is 0 Å². The normalized spacial score (nSPS) is 16.3. The van der Waals surface area contributed by atoms with Crippen molar-refractivity contribution in [1.82, 2.24) is 0 Å². The van der Waals surface area contributed by atoms with Gasteiger partial charge in [-0.1, -0.05) is 54.1 Å². The zero-order chi connectivity index (χ0) is 25.3. The third-order valence-corrected chi connectivity index (χ3v) is 6.75. The molecule has 0 saturated heterocycles. The predicted octanol–water partition coefficient (Wildman–Crippen LogP) is 9.06. The van der Waals surface area contributed by atoms with Crippen LogP contribution in [-0.4, -0.2) is 23.9 Å². The molecule has 35 heavy (non-hydrogen) atoms. The fourth-order valence-electron chi connectivity index (χ4n) is 2.35. The standard InChI is InChI=1S/2C10H5BrF3NOS.Co/c2*11-5-1-2-7-6(3-5)15-9(17-7)4-8(16)10(12,13)14;/h2*1-4H,(H,15,16);/q;;+2/p-2. The second kappa shape index (κ2) is 11.8. The zero-order valence-corrected chi connectivity index (χ0v) is 22.3. The number of ketones is 2. The van der Waals surface area contributed by atoms with Crippen molar-refractivity contribution in [2.45, 2.75) is 22.1 Å². The molecule has 2 aromatic carbocycles. The van der Waals surface area contributed by atoms with Crippen LogP contribution < -0.4 is 0 Å². The summed E-state index contributed by atoms with van der Waals surface area (Å²) < 4.78 is 73.8. The summed E-state index contributed by atoms with van der Waals surface area (Å²) in [5.41, 5.74) is 1.12. The summed E-state index contributed by atoms with van der Waals surface area (Å²) in [6, 6.07) is 10.3. The number of carbonyl (C=O) groups excluding carboxylic acids is 2. The van der Waals surface area contributed by atoms with Crippen molar-refractivity contribution in [3.63, 3.8) is 0 Å². The molecule has 2 aliphatic heterocycles. The first-order valence-corrected chi connectivity index (χ1v) is 12.0. The van der Waals surface area contributed by atoms with E-state index in [1.165, 1.54) is 0 Å². The van der Waals surface area contributed by atoms with Crippen molar-refractivity contribution < 1.29 is 52.7 Å². The van der Waals surface area contributed by atoms with Gasteiger partial charge >= 0.3 is 29.1 Å². The van der Waals surface area contributed by atoms with Crippen LogP contribution in [0.4, 0.5) is 37.7 Å². The number of allylic oxidation sites excluding steroid dienone is 2. The van der Waals surface area contributed by atoms with Crippen LogP contribution in [0.3, 0.4) is 0 Å². The number of halogens is 8. The van der Waals surface area contributed by atoms with Gasteiger partial charge in [-0.25, -0.2) is 0 Å². The molecule has 187 valence electrons. The van der Waals surface area contributed by atoms with Crippen LogP contribution in [-0.2, 0) is 26.4 Å². The fraction of sp³-hybridized carbons (Fsp3) is 0.100. The summed E-state index contributed by atoms with van der Waals surface area (Å²) in [6.45, 7) is 0. The molecule has 0 saturated carbocycles. The number of hydrogen-bond acceptors (Lipinski definition) is 4. The van der Waals surface area contributed by atoms with E-state index < -0.39 is 23.9 Å². The largest absolute Gasteiger partial charge is 2.00 e. The van der Waals surface area contributed by atoms with Gasteiger partial charge < -0.3 is 10.6 Å². The molecule has 0 atom stereocenters. The summed E-state index contributed by atoms with van der Waals surface area (Å²) >= 11 is 8.55. The van der Waals surface area contributed by atoms with E-state index in [4.69, 9.17) is 0 Å². The summed E-state index contributed by atoms with van der Waals surface area (Å²) in [4.78, 5) is 23.0. The molecule has 2 aromatic rings. The van der Waals surface area contributed by atoms with Gasteiger partial charge in [-0.05, 0) is 46.2 Å². The molecule has 0 N–H and O–H groups in total. The first-order valence-electron chi connectivity index (χ1n) is 8.76. The molecule has 1 radical (unpaired) electrons. The Kier molecular flexibility index (Phi) is 10.0. The van der Waals surface area contributed by atoms with E-state index >= 15 is 0 Å². The Morgan fingerprint density at radius 2 is 1.06 bits per heavy atom. The van der Waals surface area contributed by atoms with Crippen molar-refractivity contribution in [2.75, 3.05) is 0 Å². The van der Waals surface area contributed by atoms with Crippen LogP contribution in [0.25, 0.3) is 10.6 Å². The van der Waals surface area contributed by atoms with Crippen molar-refractivity contribution in [3.8, 4) is 0 Å². The first-order chi connectivity index (χ1) is 15.7. The molecule has 0 amide bonds. The molecule has 0 unspecified atom stereocenters. The minimum absolute atomic E-state index is 0. The quantitative estimate of drug-likeness (QED) is 0.231. The van der Waals surface area contributed by atoms with Gasteiger partial charge in [0.25, 0.3) is 11.6 Å². The van der Waals surface area contributed by atoms with Gasteiger partial charge in [0.1, 0.15) is 0 Å². The van der Waals surface area contributed by atoms with E-state index in [-0.39, 0.29) is 26.8 Å². The van der Waals surface area contributed by atoms with Crippen LogP contribution in [0.15, 0.2) is 77.3 Å². The maximum Gasteiger partial charge on any atom is 2.00 e. The third-order valence-electron chi connectivity index (χ3n) is 3.80. The zero-order valence-electron chi connectivity index (χ0n) is 16.5. The minimum Gasteiger partial charge on any atom is -0.651 e. The third kappa shape index (κ3) is 8.32. The Balaban J connectivity index is 0.000000240. The molecule has 2 aliphatic rings. The summed E-state index contributed by atoms with van der Waals surface area (Å²) in [5.74, 6) is -3.79. The number of benzene rings is 2. The predicted molar refractivity (Wildman–Crippen MR) is 124 cm³/mol. The monoisotopic (exact) mass is 703 g/mol. The Morgan fingerprint density at radius 1 is 0.714 bits per heavy atom. The van der Waals surface area contributed by atoms with Crippen molar-refractivity contribution >= 4 is 78.3 Å². The van der Waals surface area contributed by atoms with E-state index in [0.29, 0.717) is 23.5 Å². The molecule has 0 spiro atoms. The molecule has 15 heteroatoms. The van der Waals surface area contributed by atoms with Crippen molar-refractivity contribution in [3.05, 3.63) is 78.2 Å². The van der Waals surface area contributed by atoms with Crippen molar-refractivity contribution in [1.29, 1.82) is 0 Å². The Labute approximate surface area is 230 Å².